The van der Waals surface area contributed by atoms with Crippen molar-refractivity contribution in [1.82, 2.24) is 9.97 Å². The summed E-state index contributed by atoms with van der Waals surface area (Å²) in [5.41, 5.74) is 14.1. The quantitative estimate of drug-likeness (QED) is 0.591. The number of hydrogen-bond acceptors (Lipinski definition) is 4. The van der Waals surface area contributed by atoms with Crippen LogP contribution in [0.15, 0.2) is 36.7 Å². The van der Waals surface area contributed by atoms with Gasteiger partial charge in [-0.2, -0.15) is 0 Å². The van der Waals surface area contributed by atoms with Crippen molar-refractivity contribution in [3.05, 3.63) is 42.2 Å². The van der Waals surface area contributed by atoms with Gasteiger partial charge in [-0.25, -0.2) is 9.97 Å². The number of benzene rings is 1. The lowest BCUT2D eigenvalue weighted by Crippen LogP contribution is -2.39. The van der Waals surface area contributed by atoms with Crippen molar-refractivity contribution < 1.29 is 0 Å². The topological polar surface area (TPSA) is 102 Å². The van der Waals surface area contributed by atoms with Crippen LogP contribution in [-0.2, 0) is 5.41 Å². The van der Waals surface area contributed by atoms with Crippen LogP contribution in [0, 0.1) is 11.3 Å². The third kappa shape index (κ3) is 2.35. The molecule has 1 aromatic heterocycles. The fourth-order valence-corrected chi connectivity index (χ4v) is 2.77. The van der Waals surface area contributed by atoms with Gasteiger partial charge in [0.05, 0.1) is 5.41 Å². The van der Waals surface area contributed by atoms with Gasteiger partial charge in [-0.15, -0.1) is 0 Å². The minimum absolute atomic E-state index is 0.244. The highest BCUT2D eigenvalue weighted by molar-refractivity contribution is 5.89. The van der Waals surface area contributed by atoms with Crippen molar-refractivity contribution in [2.45, 2.75) is 25.2 Å². The van der Waals surface area contributed by atoms with E-state index in [1.165, 1.54) is 0 Å². The summed E-state index contributed by atoms with van der Waals surface area (Å²) in [4.78, 5) is 8.01. The number of aromatic nitrogens is 2. The molecule has 1 aliphatic carbocycles. The van der Waals surface area contributed by atoms with Crippen molar-refractivity contribution in [3.8, 4) is 11.1 Å². The Kier molecular flexibility index (Phi) is 3.12. The second-order valence-corrected chi connectivity index (χ2v) is 5.80. The third-order valence-corrected chi connectivity index (χ3v) is 4.44. The Balaban J connectivity index is 1.93. The van der Waals surface area contributed by atoms with Crippen molar-refractivity contribution in [3.63, 3.8) is 0 Å². The Morgan fingerprint density at radius 3 is 2.19 bits per heavy atom. The van der Waals surface area contributed by atoms with Gasteiger partial charge in [-0.05, 0) is 36.8 Å². The summed E-state index contributed by atoms with van der Waals surface area (Å²) >= 11 is 0. The molecule has 0 spiro atoms. The molecule has 108 valence electrons. The number of anilines is 1. The fraction of sp³-hybridized carbons (Fsp3) is 0.312. The number of amidine groups is 1. The molecule has 0 aliphatic heterocycles. The molecule has 5 nitrogen and oxygen atoms in total. The summed E-state index contributed by atoms with van der Waals surface area (Å²) in [5.74, 6) is 1.00. The molecule has 0 saturated heterocycles. The van der Waals surface area contributed by atoms with Gasteiger partial charge >= 0.3 is 0 Å². The molecule has 1 heterocycles. The Labute approximate surface area is 123 Å². The molecular formula is C16H19N5. The monoisotopic (exact) mass is 281 g/mol. The zero-order valence-electron chi connectivity index (χ0n) is 12.0. The lowest BCUT2D eigenvalue weighted by atomic mass is 9.76. The molecule has 0 bridgehead atoms. The first-order valence-corrected chi connectivity index (χ1v) is 7.04. The van der Waals surface area contributed by atoms with Crippen LogP contribution in [0.1, 0.15) is 25.3 Å². The zero-order chi connectivity index (χ0) is 15.0. The number of nitrogens with one attached hydrogen (secondary N) is 1. The zero-order valence-corrected chi connectivity index (χ0v) is 12.0. The lowest BCUT2D eigenvalue weighted by molar-refractivity contribution is 0.545. The van der Waals surface area contributed by atoms with Crippen LogP contribution in [0.25, 0.3) is 11.1 Å². The summed E-state index contributed by atoms with van der Waals surface area (Å²) in [7, 11) is 0. The Morgan fingerprint density at radius 2 is 1.71 bits per heavy atom. The molecule has 1 fully saturated rings. The number of nitrogens with two attached hydrogens (primary N) is 2. The maximum atomic E-state index is 7.94. The van der Waals surface area contributed by atoms with Gasteiger partial charge in [0.2, 0.25) is 5.95 Å². The molecule has 5 heteroatoms. The maximum Gasteiger partial charge on any atom is 0.219 e. The van der Waals surface area contributed by atoms with Crippen LogP contribution in [0.2, 0.25) is 0 Å². The molecule has 0 amide bonds. The Hall–Kier alpha value is -2.43. The van der Waals surface area contributed by atoms with E-state index in [2.05, 4.69) is 16.9 Å². The molecule has 5 N–H and O–H groups in total. The number of nitrogens with zero attached hydrogens (tertiary/aromatic N) is 2. The smallest absolute Gasteiger partial charge is 0.219 e. The van der Waals surface area contributed by atoms with Gasteiger partial charge in [0, 0.05) is 18.0 Å². The standard InChI is InChI=1S/C16H19N5/c1-16(14(17)18,13-6-7-13)12-4-2-10(3-5-12)11-8-20-15(19)21-9-11/h2-5,8-9,13H,6-7H2,1H3,(H3,17,18)(H2,19,20,21). The van der Waals surface area contributed by atoms with Crippen LogP contribution < -0.4 is 11.5 Å². The van der Waals surface area contributed by atoms with Gasteiger partial charge in [0.15, 0.2) is 0 Å². The number of rotatable bonds is 4. The SMILES string of the molecule is CC(C(=N)N)(c1ccc(-c2cnc(N)nc2)cc1)C1CC1. The highest BCUT2D eigenvalue weighted by Gasteiger charge is 2.45. The molecule has 1 saturated carbocycles. The van der Waals surface area contributed by atoms with Crippen LogP contribution in [0.3, 0.4) is 0 Å². The highest BCUT2D eigenvalue weighted by atomic mass is 15.0. The van der Waals surface area contributed by atoms with E-state index >= 15 is 0 Å². The molecule has 0 radical (unpaired) electrons. The van der Waals surface area contributed by atoms with Gasteiger partial charge in [-0.3, -0.25) is 5.41 Å². The minimum atomic E-state index is -0.351. The van der Waals surface area contributed by atoms with Crippen molar-refractivity contribution in [1.29, 1.82) is 5.41 Å². The van der Waals surface area contributed by atoms with Crippen LogP contribution in [0.5, 0.6) is 0 Å². The summed E-state index contributed by atoms with van der Waals surface area (Å²) in [5, 5.41) is 7.94. The molecule has 3 rings (SSSR count). The third-order valence-electron chi connectivity index (χ3n) is 4.44. The first-order chi connectivity index (χ1) is 10.0. The lowest BCUT2D eigenvalue weighted by Gasteiger charge is -2.29. The van der Waals surface area contributed by atoms with E-state index in [0.717, 1.165) is 29.5 Å². The second-order valence-electron chi connectivity index (χ2n) is 5.80. The molecule has 1 aromatic carbocycles. The van der Waals surface area contributed by atoms with Crippen molar-refractivity contribution in [2.24, 2.45) is 11.7 Å². The van der Waals surface area contributed by atoms with Gasteiger partial charge in [0.1, 0.15) is 5.84 Å². The van der Waals surface area contributed by atoms with Gasteiger partial charge < -0.3 is 11.5 Å². The predicted octanol–water partition coefficient (Wildman–Crippen LogP) is 2.33. The van der Waals surface area contributed by atoms with Gasteiger partial charge in [-0.1, -0.05) is 24.3 Å². The average molecular weight is 281 g/mol. The molecule has 21 heavy (non-hydrogen) atoms. The molecular weight excluding hydrogens is 262 g/mol. The van der Waals surface area contributed by atoms with Crippen LogP contribution in [0.4, 0.5) is 5.95 Å². The maximum absolute atomic E-state index is 7.94. The summed E-state index contributed by atoms with van der Waals surface area (Å²) in [6.07, 6.45) is 5.71. The second kappa shape index (κ2) is 4.84. The van der Waals surface area contributed by atoms with E-state index in [1.807, 2.05) is 24.3 Å². The van der Waals surface area contributed by atoms with Gasteiger partial charge in [0.25, 0.3) is 0 Å². The largest absolute Gasteiger partial charge is 0.387 e. The van der Waals surface area contributed by atoms with Crippen LogP contribution >= 0.6 is 0 Å². The number of hydrogen-bond donors (Lipinski definition) is 3. The Morgan fingerprint density at radius 1 is 1.14 bits per heavy atom. The molecule has 1 aliphatic rings. The van der Waals surface area contributed by atoms with Crippen molar-refractivity contribution >= 4 is 11.8 Å². The normalized spacial score (nSPS) is 17.2. The fourth-order valence-electron chi connectivity index (χ4n) is 2.77. The van der Waals surface area contributed by atoms with E-state index in [9.17, 15) is 0 Å². The molecule has 1 unspecified atom stereocenters. The highest BCUT2D eigenvalue weighted by Crippen LogP contribution is 2.47. The minimum Gasteiger partial charge on any atom is -0.387 e. The summed E-state index contributed by atoms with van der Waals surface area (Å²) < 4.78 is 0. The van der Waals surface area contributed by atoms with E-state index in [-0.39, 0.29) is 17.2 Å². The van der Waals surface area contributed by atoms with E-state index in [0.29, 0.717) is 5.92 Å². The predicted molar refractivity (Wildman–Crippen MR) is 83.9 cm³/mol. The van der Waals surface area contributed by atoms with E-state index in [1.54, 1.807) is 12.4 Å². The molecule has 2 aromatic rings. The first kappa shape index (κ1) is 13.5. The Bertz CT molecular complexity index is 658. The average Bonchev–Trinajstić information content (AvgIpc) is 3.32. The van der Waals surface area contributed by atoms with Crippen LogP contribution in [-0.4, -0.2) is 15.8 Å². The van der Waals surface area contributed by atoms with E-state index < -0.39 is 0 Å². The molecule has 1 atom stereocenters. The summed E-state index contributed by atoms with van der Waals surface area (Å²) in [6.45, 7) is 2.06. The van der Waals surface area contributed by atoms with E-state index in [4.69, 9.17) is 16.9 Å². The number of nitrogen functional groups attached to an aromatic ring is 1. The first-order valence-electron chi connectivity index (χ1n) is 7.04. The van der Waals surface area contributed by atoms with Crippen molar-refractivity contribution in [2.75, 3.05) is 5.73 Å². The summed E-state index contributed by atoms with van der Waals surface area (Å²) in [6, 6.07) is 8.14.